The van der Waals surface area contributed by atoms with Gasteiger partial charge in [0.15, 0.2) is 0 Å². The maximum absolute atomic E-state index is 11.9. The van der Waals surface area contributed by atoms with Crippen LogP contribution in [0.25, 0.3) is 0 Å². The molecule has 2 fully saturated rings. The predicted molar refractivity (Wildman–Crippen MR) is 96.7 cm³/mol. The Balaban J connectivity index is 1.56. The molecule has 4 rings (SSSR count). The molecule has 0 saturated heterocycles. The maximum Gasteiger partial charge on any atom is 0.407 e. The van der Waals surface area contributed by atoms with Crippen LogP contribution in [0, 0.1) is 17.3 Å². The lowest BCUT2D eigenvalue weighted by Crippen LogP contribution is -2.50. The number of aryl methyl sites for hydroxylation is 1. The lowest BCUT2D eigenvalue weighted by molar-refractivity contribution is 0.0395. The Labute approximate surface area is 150 Å². The molecule has 3 aliphatic carbocycles. The van der Waals surface area contributed by atoms with Crippen LogP contribution in [0.5, 0.6) is 5.75 Å². The second-order valence-electron chi connectivity index (χ2n) is 8.34. The minimum Gasteiger partial charge on any atom is -0.508 e. The fourth-order valence-electron chi connectivity index (χ4n) is 6.12. The molecule has 5 atom stereocenters. The molecule has 0 spiro atoms. The highest BCUT2D eigenvalue weighted by Crippen LogP contribution is 2.60. The third-order valence-electron chi connectivity index (χ3n) is 7.28. The number of carbonyl (C=O) groups is 1. The normalized spacial score (nSPS) is 36.1. The van der Waals surface area contributed by atoms with Crippen LogP contribution in [-0.4, -0.2) is 23.8 Å². The summed E-state index contributed by atoms with van der Waals surface area (Å²) in [6, 6.07) is 6.18. The number of hydrogen-bond acceptors (Lipinski definition) is 3. The molecule has 4 nitrogen and oxygen atoms in total. The average molecular weight is 343 g/mol. The highest BCUT2D eigenvalue weighted by Gasteiger charge is 2.55. The van der Waals surface area contributed by atoms with Crippen molar-refractivity contribution in [2.75, 3.05) is 6.61 Å². The first-order valence-electron chi connectivity index (χ1n) is 9.78. The van der Waals surface area contributed by atoms with E-state index in [4.69, 9.17) is 4.74 Å². The van der Waals surface area contributed by atoms with Crippen LogP contribution in [0.3, 0.4) is 0 Å². The van der Waals surface area contributed by atoms with Gasteiger partial charge in [0.25, 0.3) is 0 Å². The molecule has 1 unspecified atom stereocenters. The molecule has 1 amide bonds. The summed E-state index contributed by atoms with van der Waals surface area (Å²) in [5.41, 5.74) is 2.98. The molecule has 0 bridgehead atoms. The Morgan fingerprint density at radius 3 is 2.96 bits per heavy atom. The van der Waals surface area contributed by atoms with E-state index in [1.165, 1.54) is 30.4 Å². The molecule has 3 aliphatic rings. The first-order valence-corrected chi connectivity index (χ1v) is 9.78. The Morgan fingerprint density at radius 2 is 2.16 bits per heavy atom. The Kier molecular flexibility index (Phi) is 4.17. The molecule has 0 radical (unpaired) electrons. The van der Waals surface area contributed by atoms with Crippen molar-refractivity contribution in [2.24, 2.45) is 17.3 Å². The third-order valence-corrected chi connectivity index (χ3v) is 7.28. The fraction of sp³-hybridized carbons (Fsp3) is 0.667. The van der Waals surface area contributed by atoms with E-state index in [1.54, 1.807) is 0 Å². The minimum absolute atomic E-state index is 0.183. The number of aromatic hydroxyl groups is 1. The number of rotatable bonds is 2. The number of nitrogens with one attached hydrogen (secondary N) is 1. The smallest absolute Gasteiger partial charge is 0.407 e. The van der Waals surface area contributed by atoms with Gasteiger partial charge in [-0.25, -0.2) is 4.79 Å². The van der Waals surface area contributed by atoms with E-state index in [-0.39, 0.29) is 17.6 Å². The van der Waals surface area contributed by atoms with Gasteiger partial charge in [-0.3, -0.25) is 0 Å². The molecule has 2 N–H and O–H groups in total. The SMILES string of the molecule is CCOC(=O)NC1CC[C@H]2[C@@H]3CCc4cc(O)ccc4[C@H]3CC[C@]12C. The molecule has 0 aromatic heterocycles. The molecular formula is C21H29NO3. The first kappa shape index (κ1) is 16.7. The van der Waals surface area contributed by atoms with Gasteiger partial charge in [0, 0.05) is 6.04 Å². The van der Waals surface area contributed by atoms with Crippen molar-refractivity contribution >= 4 is 6.09 Å². The molecule has 2 saturated carbocycles. The highest BCUT2D eigenvalue weighted by atomic mass is 16.5. The topological polar surface area (TPSA) is 58.6 Å². The summed E-state index contributed by atoms with van der Waals surface area (Å²) >= 11 is 0. The van der Waals surface area contributed by atoms with E-state index in [1.807, 2.05) is 19.1 Å². The van der Waals surface area contributed by atoms with Crippen LogP contribution in [-0.2, 0) is 11.2 Å². The van der Waals surface area contributed by atoms with E-state index in [9.17, 15) is 9.90 Å². The quantitative estimate of drug-likeness (QED) is 0.838. The standard InChI is InChI=1S/C21H29NO3/c1-3-25-20(24)22-19-9-8-18-17-6-4-13-12-14(23)5-7-15(13)16(17)10-11-21(18,19)2/h5,7,12,16-19,23H,3-4,6,8-11H2,1-2H3,(H,22,24)/t16-,17-,18+,19?,21+/m1/s1. The fourth-order valence-corrected chi connectivity index (χ4v) is 6.12. The van der Waals surface area contributed by atoms with E-state index >= 15 is 0 Å². The second kappa shape index (κ2) is 6.22. The third kappa shape index (κ3) is 2.70. The van der Waals surface area contributed by atoms with Crippen LogP contribution in [0.1, 0.15) is 63.0 Å². The molecule has 1 aromatic rings. The molecular weight excluding hydrogens is 314 g/mol. The molecule has 0 heterocycles. The van der Waals surface area contributed by atoms with Gasteiger partial charge < -0.3 is 15.2 Å². The van der Waals surface area contributed by atoms with Gasteiger partial charge in [0.2, 0.25) is 0 Å². The summed E-state index contributed by atoms with van der Waals surface area (Å²) in [7, 11) is 0. The van der Waals surface area contributed by atoms with Crippen LogP contribution in [0.2, 0.25) is 0 Å². The van der Waals surface area contributed by atoms with Gasteiger partial charge in [0.1, 0.15) is 5.75 Å². The van der Waals surface area contributed by atoms with Crippen molar-refractivity contribution in [1.29, 1.82) is 0 Å². The first-order chi connectivity index (χ1) is 12.0. The van der Waals surface area contributed by atoms with Gasteiger partial charge in [-0.15, -0.1) is 0 Å². The van der Waals surface area contributed by atoms with Crippen molar-refractivity contribution in [1.82, 2.24) is 5.32 Å². The number of phenols is 1. The molecule has 4 heteroatoms. The van der Waals surface area contributed by atoms with Crippen LogP contribution >= 0.6 is 0 Å². The van der Waals surface area contributed by atoms with E-state index in [2.05, 4.69) is 18.3 Å². The number of phenolic OH excluding ortho intramolecular Hbond substituents is 1. The zero-order valence-corrected chi connectivity index (χ0v) is 15.3. The summed E-state index contributed by atoms with van der Waals surface area (Å²) in [6.45, 7) is 4.65. The summed E-state index contributed by atoms with van der Waals surface area (Å²) in [5.74, 6) is 2.37. The summed E-state index contributed by atoms with van der Waals surface area (Å²) in [5, 5.41) is 12.9. The Hall–Kier alpha value is -1.71. The zero-order chi connectivity index (χ0) is 17.6. The van der Waals surface area contributed by atoms with E-state index < -0.39 is 0 Å². The molecule has 136 valence electrons. The van der Waals surface area contributed by atoms with Crippen LogP contribution in [0.15, 0.2) is 18.2 Å². The monoisotopic (exact) mass is 343 g/mol. The summed E-state index contributed by atoms with van der Waals surface area (Å²) in [4.78, 5) is 11.9. The average Bonchev–Trinajstić information content (AvgIpc) is 2.91. The van der Waals surface area contributed by atoms with E-state index in [0.29, 0.717) is 30.1 Å². The Bertz CT molecular complexity index is 673. The summed E-state index contributed by atoms with van der Waals surface area (Å²) < 4.78 is 5.12. The van der Waals surface area contributed by atoms with Gasteiger partial charge in [-0.2, -0.15) is 0 Å². The Morgan fingerprint density at radius 1 is 1.32 bits per heavy atom. The molecule has 0 aliphatic heterocycles. The number of amides is 1. The molecule has 1 aromatic carbocycles. The van der Waals surface area contributed by atoms with Crippen molar-refractivity contribution in [3.05, 3.63) is 29.3 Å². The van der Waals surface area contributed by atoms with Gasteiger partial charge in [0.05, 0.1) is 6.61 Å². The number of ether oxygens (including phenoxy) is 1. The number of hydrogen-bond donors (Lipinski definition) is 2. The maximum atomic E-state index is 11.9. The number of carbonyl (C=O) groups excluding carboxylic acids is 1. The largest absolute Gasteiger partial charge is 0.508 e. The minimum atomic E-state index is -0.263. The summed E-state index contributed by atoms with van der Waals surface area (Å²) in [6.07, 6.45) is 6.59. The number of benzene rings is 1. The number of alkyl carbamates (subject to hydrolysis) is 1. The lowest BCUT2D eigenvalue weighted by Gasteiger charge is -2.50. The second-order valence-corrected chi connectivity index (χ2v) is 8.34. The highest BCUT2D eigenvalue weighted by molar-refractivity contribution is 5.67. The van der Waals surface area contributed by atoms with Gasteiger partial charge in [-0.1, -0.05) is 13.0 Å². The van der Waals surface area contributed by atoms with Crippen molar-refractivity contribution in [3.8, 4) is 5.75 Å². The van der Waals surface area contributed by atoms with Crippen molar-refractivity contribution in [2.45, 2.75) is 64.3 Å². The predicted octanol–water partition coefficient (Wildman–Crippen LogP) is 4.36. The van der Waals surface area contributed by atoms with Gasteiger partial charge in [-0.05, 0) is 91.9 Å². The van der Waals surface area contributed by atoms with E-state index in [0.717, 1.165) is 19.3 Å². The van der Waals surface area contributed by atoms with Gasteiger partial charge >= 0.3 is 6.09 Å². The number of fused-ring (bicyclic) bond motifs is 5. The van der Waals surface area contributed by atoms with Crippen molar-refractivity contribution in [3.63, 3.8) is 0 Å². The lowest BCUT2D eigenvalue weighted by atomic mass is 9.55. The van der Waals surface area contributed by atoms with Crippen LogP contribution in [0.4, 0.5) is 4.79 Å². The zero-order valence-electron chi connectivity index (χ0n) is 15.3. The van der Waals surface area contributed by atoms with Crippen LogP contribution < -0.4 is 5.32 Å². The molecule has 25 heavy (non-hydrogen) atoms. The van der Waals surface area contributed by atoms with Crippen molar-refractivity contribution < 1.29 is 14.6 Å².